The largest absolute Gasteiger partial charge is 0.357 e. The molecule has 3 heteroatoms. The molecule has 1 amide bonds. The van der Waals surface area contributed by atoms with E-state index in [9.17, 15) is 4.79 Å². The lowest BCUT2D eigenvalue weighted by atomic mass is 9.46. The van der Waals surface area contributed by atoms with E-state index >= 15 is 0 Å². The summed E-state index contributed by atoms with van der Waals surface area (Å²) >= 11 is 0. The predicted octanol–water partition coefficient (Wildman–Crippen LogP) is 5.73. The number of amides is 1. The molecular weight excluding hydrogens is 358 g/mol. The van der Waals surface area contributed by atoms with Gasteiger partial charge in [-0.15, -0.1) is 0 Å². The molecule has 2 saturated heterocycles. The molecule has 4 heterocycles. The van der Waals surface area contributed by atoms with Gasteiger partial charge in [-0.3, -0.25) is 4.79 Å². The minimum Gasteiger partial charge on any atom is -0.357 e. The maximum atomic E-state index is 13.9. The van der Waals surface area contributed by atoms with Gasteiger partial charge in [-0.1, -0.05) is 43.7 Å². The van der Waals surface area contributed by atoms with Crippen molar-refractivity contribution in [1.29, 1.82) is 0 Å². The molecule has 5 fully saturated rings. The third kappa shape index (κ3) is 2.26. The smallest absolute Gasteiger partial charge is 0.257 e. The molecular formula is C26H33NO2. The number of rotatable bonds is 2. The second-order valence-corrected chi connectivity index (χ2v) is 10.9. The van der Waals surface area contributed by atoms with E-state index in [4.69, 9.17) is 4.74 Å². The van der Waals surface area contributed by atoms with Crippen LogP contribution in [0.5, 0.6) is 0 Å². The van der Waals surface area contributed by atoms with Crippen LogP contribution in [0.1, 0.15) is 65.2 Å². The molecule has 4 aliphatic carbocycles. The molecule has 0 aromatic heterocycles. The molecule has 1 N–H and O–H groups in total. The SMILES string of the molecule is C[C@]12CCC3C=C1CC[C@H]1C2CC[C@@]2(C)[C@H]1CCC2(C(=O)Nc1ccccc1)O3. The summed E-state index contributed by atoms with van der Waals surface area (Å²) in [6.45, 7) is 4.93. The second kappa shape index (κ2) is 5.97. The van der Waals surface area contributed by atoms with Gasteiger partial charge < -0.3 is 10.1 Å². The van der Waals surface area contributed by atoms with Gasteiger partial charge >= 0.3 is 0 Å². The maximum Gasteiger partial charge on any atom is 0.257 e. The number of para-hydroxylation sites is 1. The number of ether oxygens (including phenoxy) is 1. The van der Waals surface area contributed by atoms with Gasteiger partial charge in [-0.2, -0.15) is 0 Å². The lowest BCUT2D eigenvalue weighted by Gasteiger charge is -2.61. The summed E-state index contributed by atoms with van der Waals surface area (Å²) in [6.07, 6.45) is 11.7. The Labute approximate surface area is 174 Å². The summed E-state index contributed by atoms with van der Waals surface area (Å²) in [6, 6.07) is 9.92. The summed E-state index contributed by atoms with van der Waals surface area (Å²) < 4.78 is 6.97. The van der Waals surface area contributed by atoms with Crippen molar-refractivity contribution in [2.45, 2.75) is 76.9 Å². The number of nitrogens with one attached hydrogen (secondary N) is 1. The van der Waals surface area contributed by atoms with Crippen LogP contribution >= 0.6 is 0 Å². The zero-order valence-electron chi connectivity index (χ0n) is 17.7. The van der Waals surface area contributed by atoms with E-state index in [-0.39, 0.29) is 17.4 Å². The van der Waals surface area contributed by atoms with Crippen molar-refractivity contribution in [1.82, 2.24) is 0 Å². The summed E-state index contributed by atoms with van der Waals surface area (Å²) in [5.41, 5.74) is 2.12. The van der Waals surface area contributed by atoms with Gasteiger partial charge in [0.25, 0.3) is 5.91 Å². The Morgan fingerprint density at radius 1 is 1.00 bits per heavy atom. The van der Waals surface area contributed by atoms with Crippen LogP contribution in [-0.4, -0.2) is 17.6 Å². The molecule has 3 nitrogen and oxygen atoms in total. The second-order valence-electron chi connectivity index (χ2n) is 10.9. The number of hydrogen-bond donors (Lipinski definition) is 1. The number of carbonyl (C=O) groups is 1. The Kier molecular flexibility index (Phi) is 3.74. The summed E-state index contributed by atoms with van der Waals surface area (Å²) in [5.74, 6) is 2.25. The van der Waals surface area contributed by atoms with Gasteiger partial charge in [0.05, 0.1) is 6.10 Å². The minimum atomic E-state index is -0.703. The summed E-state index contributed by atoms with van der Waals surface area (Å²) in [7, 11) is 0. The van der Waals surface area contributed by atoms with E-state index in [1.54, 1.807) is 5.57 Å². The van der Waals surface area contributed by atoms with E-state index in [1.807, 2.05) is 30.3 Å². The van der Waals surface area contributed by atoms with Crippen LogP contribution in [-0.2, 0) is 9.53 Å². The van der Waals surface area contributed by atoms with Gasteiger partial charge in [-0.05, 0) is 86.7 Å². The Morgan fingerprint density at radius 3 is 2.62 bits per heavy atom. The molecule has 7 atom stereocenters. The lowest BCUT2D eigenvalue weighted by molar-refractivity contribution is -0.194. The van der Waals surface area contributed by atoms with Crippen molar-refractivity contribution >= 4 is 11.6 Å². The van der Waals surface area contributed by atoms with E-state index in [1.165, 1.54) is 25.7 Å². The monoisotopic (exact) mass is 391 g/mol. The third-order valence-electron chi connectivity index (χ3n) is 9.94. The highest BCUT2D eigenvalue weighted by atomic mass is 16.5. The fraction of sp³-hybridized carbons (Fsp3) is 0.654. The molecule has 3 saturated carbocycles. The van der Waals surface area contributed by atoms with Gasteiger partial charge in [0.2, 0.25) is 0 Å². The van der Waals surface area contributed by atoms with Gasteiger partial charge in [0.15, 0.2) is 5.60 Å². The van der Waals surface area contributed by atoms with Crippen molar-refractivity contribution in [2.75, 3.05) is 5.32 Å². The van der Waals surface area contributed by atoms with Crippen LogP contribution in [0.15, 0.2) is 42.0 Å². The van der Waals surface area contributed by atoms with Crippen LogP contribution in [0.25, 0.3) is 0 Å². The Morgan fingerprint density at radius 2 is 1.79 bits per heavy atom. The molecule has 154 valence electrons. The highest BCUT2D eigenvalue weighted by Crippen LogP contribution is 2.70. The van der Waals surface area contributed by atoms with Crippen molar-refractivity contribution in [3.8, 4) is 0 Å². The van der Waals surface area contributed by atoms with Crippen LogP contribution in [0, 0.1) is 28.6 Å². The van der Waals surface area contributed by atoms with E-state index in [0.29, 0.717) is 11.3 Å². The first-order valence-corrected chi connectivity index (χ1v) is 11.7. The minimum absolute atomic E-state index is 0.0633. The van der Waals surface area contributed by atoms with Crippen LogP contribution < -0.4 is 5.32 Å². The molecule has 8 bridgehead atoms. The maximum absolute atomic E-state index is 13.9. The molecule has 8 aliphatic rings. The van der Waals surface area contributed by atoms with Crippen molar-refractivity contribution in [3.63, 3.8) is 0 Å². The van der Waals surface area contributed by atoms with Crippen LogP contribution in [0.4, 0.5) is 5.69 Å². The first-order valence-electron chi connectivity index (χ1n) is 11.7. The Bertz CT molecular complexity index is 878. The number of carbonyl (C=O) groups excluding carboxylic acids is 1. The van der Waals surface area contributed by atoms with Gasteiger partial charge in [0, 0.05) is 11.1 Å². The van der Waals surface area contributed by atoms with Crippen LogP contribution in [0.3, 0.4) is 0 Å². The number of fused-ring (bicyclic) bond motifs is 1. The van der Waals surface area contributed by atoms with Crippen molar-refractivity contribution < 1.29 is 9.53 Å². The molecule has 9 rings (SSSR count). The first-order chi connectivity index (χ1) is 14.0. The molecule has 1 aromatic rings. The van der Waals surface area contributed by atoms with Crippen molar-refractivity contribution in [2.24, 2.45) is 28.6 Å². The highest BCUT2D eigenvalue weighted by Gasteiger charge is 2.69. The zero-order chi connectivity index (χ0) is 19.9. The molecule has 0 spiro atoms. The van der Waals surface area contributed by atoms with E-state index in [2.05, 4.69) is 25.2 Å². The summed E-state index contributed by atoms with van der Waals surface area (Å²) in [5, 5.41) is 3.25. The third-order valence-corrected chi connectivity index (χ3v) is 9.94. The molecule has 4 aliphatic heterocycles. The Hall–Kier alpha value is -1.61. The number of hydrogen-bond acceptors (Lipinski definition) is 2. The lowest BCUT2D eigenvalue weighted by Crippen LogP contribution is -2.62. The fourth-order valence-corrected chi connectivity index (χ4v) is 8.42. The highest BCUT2D eigenvalue weighted by molar-refractivity contribution is 5.98. The van der Waals surface area contributed by atoms with Gasteiger partial charge in [0.1, 0.15) is 0 Å². The molecule has 0 radical (unpaired) electrons. The van der Waals surface area contributed by atoms with E-state index in [0.717, 1.165) is 43.2 Å². The number of anilines is 1. The molecule has 29 heavy (non-hydrogen) atoms. The molecule has 3 unspecified atom stereocenters. The number of allylic oxidation sites excluding steroid dienone is 1. The average molecular weight is 392 g/mol. The van der Waals surface area contributed by atoms with E-state index < -0.39 is 5.60 Å². The zero-order valence-corrected chi connectivity index (χ0v) is 17.7. The fourth-order valence-electron chi connectivity index (χ4n) is 8.42. The summed E-state index contributed by atoms with van der Waals surface area (Å²) in [4.78, 5) is 13.9. The van der Waals surface area contributed by atoms with Crippen molar-refractivity contribution in [3.05, 3.63) is 42.0 Å². The molecule has 1 aromatic carbocycles. The quantitative estimate of drug-likeness (QED) is 0.654. The standard InChI is InChI=1S/C26H33NO2/c1-24-13-10-19-16-17(24)8-9-20-21(24)11-14-25(2)22(20)12-15-26(25,29-19)23(28)27-18-6-4-3-5-7-18/h3-7,16,19-22H,8-15H2,1-2H3,(H,27,28)/t19?,20-,21?,22-,24-,25-,26?/m0/s1. The van der Waals surface area contributed by atoms with Gasteiger partial charge in [-0.25, -0.2) is 0 Å². The Balaban J connectivity index is 1.47. The van der Waals surface area contributed by atoms with Crippen LogP contribution in [0.2, 0.25) is 0 Å². The topological polar surface area (TPSA) is 38.3 Å². The number of benzene rings is 1. The predicted molar refractivity (Wildman–Crippen MR) is 114 cm³/mol. The average Bonchev–Trinajstić information content (AvgIpc) is 3.00. The normalized spacial score (nSPS) is 47.2. The first kappa shape index (κ1) is 18.2.